The number of fused-ring (bicyclic) bond motifs is 1. The summed E-state index contributed by atoms with van der Waals surface area (Å²) in [6, 6.07) is 10.3. The second-order valence-electron chi connectivity index (χ2n) is 6.62. The van der Waals surface area contributed by atoms with Crippen LogP contribution in [0.3, 0.4) is 0 Å². The number of benzene rings is 1. The summed E-state index contributed by atoms with van der Waals surface area (Å²) >= 11 is 3.51. The van der Waals surface area contributed by atoms with Crippen molar-refractivity contribution in [2.75, 3.05) is 5.73 Å². The van der Waals surface area contributed by atoms with Crippen LogP contribution in [0.25, 0.3) is 28.6 Å². The molecular weight excluding hydrogens is 386 g/mol. The number of aromatic nitrogens is 2. The molecule has 1 aromatic carbocycles. The van der Waals surface area contributed by atoms with Gasteiger partial charge in [-0.3, -0.25) is 4.98 Å². The molecule has 0 bridgehead atoms. The summed E-state index contributed by atoms with van der Waals surface area (Å²) in [5, 5.41) is 1.06. The molecule has 3 nitrogen and oxygen atoms in total. The first-order valence-electron chi connectivity index (χ1n) is 8.87. The predicted octanol–water partition coefficient (Wildman–Crippen LogP) is 6.10. The Bertz CT molecular complexity index is 1020. The molecule has 0 amide bonds. The van der Waals surface area contributed by atoms with Gasteiger partial charge in [0.2, 0.25) is 0 Å². The van der Waals surface area contributed by atoms with Crippen LogP contribution < -0.4 is 5.73 Å². The zero-order chi connectivity index (χ0) is 17.9. The Morgan fingerprint density at radius 1 is 1.04 bits per heavy atom. The lowest BCUT2D eigenvalue weighted by Crippen LogP contribution is -1.95. The van der Waals surface area contributed by atoms with Gasteiger partial charge in [-0.15, -0.1) is 0 Å². The van der Waals surface area contributed by atoms with Gasteiger partial charge in [0.05, 0.1) is 5.52 Å². The lowest BCUT2D eigenvalue weighted by molar-refractivity contribution is 0.741. The van der Waals surface area contributed by atoms with E-state index in [1.807, 2.05) is 30.6 Å². The summed E-state index contributed by atoms with van der Waals surface area (Å²) in [7, 11) is 0. The molecule has 4 heteroatoms. The van der Waals surface area contributed by atoms with E-state index in [1.165, 1.54) is 30.4 Å². The zero-order valence-corrected chi connectivity index (χ0v) is 16.0. The minimum Gasteiger partial charge on any atom is -0.383 e. The average Bonchev–Trinajstić information content (AvgIpc) is 2.67. The summed E-state index contributed by atoms with van der Waals surface area (Å²) < 4.78 is 1.03. The quantitative estimate of drug-likeness (QED) is 0.572. The Balaban J connectivity index is 1.64. The van der Waals surface area contributed by atoms with Crippen molar-refractivity contribution in [1.82, 2.24) is 9.97 Å². The topological polar surface area (TPSA) is 51.8 Å². The average molecular weight is 406 g/mol. The first kappa shape index (κ1) is 17.0. The van der Waals surface area contributed by atoms with Crippen molar-refractivity contribution in [2.24, 2.45) is 0 Å². The van der Waals surface area contributed by atoms with Crippen molar-refractivity contribution in [2.45, 2.75) is 25.7 Å². The van der Waals surface area contributed by atoms with Crippen LogP contribution in [0.1, 0.15) is 42.4 Å². The fourth-order valence-electron chi connectivity index (χ4n) is 3.32. The summed E-state index contributed by atoms with van der Waals surface area (Å²) in [4.78, 5) is 8.91. The lowest BCUT2D eigenvalue weighted by Gasteiger charge is -2.12. The highest BCUT2D eigenvalue weighted by Gasteiger charge is 2.07. The maximum absolute atomic E-state index is 6.14. The van der Waals surface area contributed by atoms with E-state index in [-0.39, 0.29) is 0 Å². The zero-order valence-electron chi connectivity index (χ0n) is 14.5. The van der Waals surface area contributed by atoms with Crippen molar-refractivity contribution in [3.05, 3.63) is 70.0 Å². The van der Waals surface area contributed by atoms with E-state index in [1.54, 1.807) is 0 Å². The second kappa shape index (κ2) is 7.42. The van der Waals surface area contributed by atoms with Gasteiger partial charge >= 0.3 is 0 Å². The molecule has 0 radical (unpaired) electrons. The van der Waals surface area contributed by atoms with Gasteiger partial charge < -0.3 is 5.73 Å². The molecule has 4 rings (SSSR count). The second-order valence-corrected chi connectivity index (χ2v) is 7.53. The fourth-order valence-corrected chi connectivity index (χ4v) is 3.70. The first-order valence-corrected chi connectivity index (χ1v) is 9.67. The number of pyridine rings is 2. The molecule has 3 aromatic rings. The SMILES string of the molecule is Nc1nc2ccc(Br)cc2cc1C=Cc1cncc(C2=CCCCC2)c1. The van der Waals surface area contributed by atoms with Crippen molar-refractivity contribution in [3.63, 3.8) is 0 Å². The molecule has 0 atom stereocenters. The third kappa shape index (κ3) is 3.70. The number of nitrogens with zero attached hydrogens (tertiary/aromatic N) is 2. The largest absolute Gasteiger partial charge is 0.383 e. The molecule has 1 aliphatic rings. The maximum atomic E-state index is 6.14. The van der Waals surface area contributed by atoms with Crippen LogP contribution in [-0.2, 0) is 0 Å². The van der Waals surface area contributed by atoms with E-state index in [0.29, 0.717) is 5.82 Å². The van der Waals surface area contributed by atoms with Gasteiger partial charge in [0.25, 0.3) is 0 Å². The highest BCUT2D eigenvalue weighted by Crippen LogP contribution is 2.27. The molecule has 2 N–H and O–H groups in total. The molecular formula is C22H20BrN3. The highest BCUT2D eigenvalue weighted by atomic mass is 79.9. The van der Waals surface area contributed by atoms with Crippen molar-refractivity contribution in [3.8, 4) is 0 Å². The summed E-state index contributed by atoms with van der Waals surface area (Å²) in [6.07, 6.45) is 15.1. The van der Waals surface area contributed by atoms with Crippen LogP contribution >= 0.6 is 15.9 Å². The molecule has 2 aromatic heterocycles. The van der Waals surface area contributed by atoms with Crippen LogP contribution in [0.4, 0.5) is 5.82 Å². The third-order valence-corrected chi connectivity index (χ3v) is 5.21. The van der Waals surface area contributed by atoms with E-state index in [4.69, 9.17) is 5.73 Å². The summed E-state index contributed by atoms with van der Waals surface area (Å²) in [5.41, 5.74) is 11.7. The number of allylic oxidation sites excluding steroid dienone is 2. The normalized spacial score (nSPS) is 14.7. The van der Waals surface area contributed by atoms with Gasteiger partial charge in [-0.25, -0.2) is 4.98 Å². The van der Waals surface area contributed by atoms with Crippen molar-refractivity contribution < 1.29 is 0 Å². The molecule has 0 fully saturated rings. The first-order chi connectivity index (χ1) is 12.7. The van der Waals surface area contributed by atoms with E-state index in [2.05, 4.69) is 56.2 Å². The predicted molar refractivity (Wildman–Crippen MR) is 113 cm³/mol. The number of halogens is 1. The number of hydrogen-bond acceptors (Lipinski definition) is 3. The number of nitrogen functional groups attached to an aromatic ring is 1. The molecule has 0 unspecified atom stereocenters. The van der Waals surface area contributed by atoms with E-state index in [9.17, 15) is 0 Å². The van der Waals surface area contributed by atoms with Gasteiger partial charge in [0, 0.05) is 27.8 Å². The Morgan fingerprint density at radius 2 is 1.96 bits per heavy atom. The highest BCUT2D eigenvalue weighted by molar-refractivity contribution is 9.10. The smallest absolute Gasteiger partial charge is 0.131 e. The van der Waals surface area contributed by atoms with Gasteiger partial charge in [0.1, 0.15) is 5.82 Å². The summed E-state index contributed by atoms with van der Waals surface area (Å²) in [5.74, 6) is 0.537. The van der Waals surface area contributed by atoms with Crippen molar-refractivity contribution >= 4 is 50.4 Å². The minimum atomic E-state index is 0.537. The Morgan fingerprint density at radius 3 is 2.81 bits per heavy atom. The molecule has 130 valence electrons. The minimum absolute atomic E-state index is 0.537. The molecule has 0 saturated carbocycles. The van der Waals surface area contributed by atoms with Crippen LogP contribution in [0.15, 0.2) is 53.3 Å². The lowest BCUT2D eigenvalue weighted by atomic mass is 9.94. The van der Waals surface area contributed by atoms with Crippen LogP contribution in [0.2, 0.25) is 0 Å². The van der Waals surface area contributed by atoms with Gasteiger partial charge in [-0.05, 0) is 72.7 Å². The van der Waals surface area contributed by atoms with Crippen LogP contribution in [0.5, 0.6) is 0 Å². The Labute approximate surface area is 161 Å². The van der Waals surface area contributed by atoms with Gasteiger partial charge in [-0.1, -0.05) is 34.2 Å². The van der Waals surface area contributed by atoms with Gasteiger partial charge in [-0.2, -0.15) is 0 Å². The number of anilines is 1. The molecule has 1 aliphatic carbocycles. The molecule has 0 spiro atoms. The molecule has 0 saturated heterocycles. The monoisotopic (exact) mass is 405 g/mol. The number of nitrogens with two attached hydrogens (primary N) is 1. The van der Waals surface area contributed by atoms with E-state index < -0.39 is 0 Å². The van der Waals surface area contributed by atoms with Crippen LogP contribution in [-0.4, -0.2) is 9.97 Å². The van der Waals surface area contributed by atoms with E-state index >= 15 is 0 Å². The molecule has 26 heavy (non-hydrogen) atoms. The third-order valence-electron chi connectivity index (χ3n) is 4.71. The van der Waals surface area contributed by atoms with Crippen molar-refractivity contribution in [1.29, 1.82) is 0 Å². The number of rotatable bonds is 3. The summed E-state index contributed by atoms with van der Waals surface area (Å²) in [6.45, 7) is 0. The fraction of sp³-hybridized carbons (Fsp3) is 0.182. The standard InChI is InChI=1S/C22H20BrN3/c23-20-8-9-21-18(12-20)11-17(22(24)26-21)7-6-15-10-19(14-25-13-15)16-4-2-1-3-5-16/h4,6-14H,1-3,5H2,(H2,24,26). The van der Waals surface area contributed by atoms with Crippen LogP contribution in [0, 0.1) is 0 Å². The molecule has 2 heterocycles. The number of hydrogen-bond donors (Lipinski definition) is 1. The maximum Gasteiger partial charge on any atom is 0.131 e. The Kier molecular flexibility index (Phi) is 4.85. The van der Waals surface area contributed by atoms with E-state index in [0.717, 1.165) is 32.9 Å². The Hall–Kier alpha value is -2.46. The molecule has 0 aliphatic heterocycles. The van der Waals surface area contributed by atoms with Gasteiger partial charge in [0.15, 0.2) is 0 Å².